The number of benzene rings is 2. The third kappa shape index (κ3) is 3.77. The molecule has 3 aromatic rings. The lowest BCUT2D eigenvalue weighted by molar-refractivity contribution is -0.141. The topological polar surface area (TPSA) is 87.9 Å². The average molecular weight is 408 g/mol. The van der Waals surface area contributed by atoms with E-state index in [9.17, 15) is 28.0 Å². The van der Waals surface area contributed by atoms with E-state index in [1.165, 1.54) is 24.3 Å². The number of nitriles is 1. The van der Waals surface area contributed by atoms with Crippen molar-refractivity contribution in [1.82, 2.24) is 9.55 Å². The van der Waals surface area contributed by atoms with E-state index in [-0.39, 0.29) is 33.8 Å². The van der Waals surface area contributed by atoms with E-state index in [1.807, 2.05) is 6.07 Å². The smallest absolute Gasteiger partial charge is 0.431 e. The van der Waals surface area contributed by atoms with Crippen molar-refractivity contribution in [3.63, 3.8) is 0 Å². The van der Waals surface area contributed by atoms with Crippen LogP contribution in [0.1, 0.15) is 11.3 Å². The fourth-order valence-corrected chi connectivity index (χ4v) is 2.54. The molecule has 0 spiro atoms. The van der Waals surface area contributed by atoms with Gasteiger partial charge in [0.15, 0.2) is 0 Å². The number of hydrogen-bond acceptors (Lipinski definition) is 4. The van der Waals surface area contributed by atoms with Gasteiger partial charge in [-0.1, -0.05) is 23.7 Å². The molecule has 0 fully saturated rings. The standard InChI is InChI=1S/C18H9ClF3N3O3/c19-12-3-1-2-4-13(12)28-14-7-11(6-5-10(14)9-23)25-16(26)8-15(18(20,21)22)24-17(25)27/h1-8H,(H,24,27). The summed E-state index contributed by atoms with van der Waals surface area (Å²) in [5.41, 5.74) is -3.95. The summed E-state index contributed by atoms with van der Waals surface area (Å²) in [6, 6.07) is 12.2. The van der Waals surface area contributed by atoms with Gasteiger partial charge in [-0.3, -0.25) is 4.79 Å². The lowest BCUT2D eigenvalue weighted by Crippen LogP contribution is -2.35. The van der Waals surface area contributed by atoms with Gasteiger partial charge < -0.3 is 9.72 Å². The minimum atomic E-state index is -4.87. The van der Waals surface area contributed by atoms with Crippen LogP contribution in [0.2, 0.25) is 5.02 Å². The highest BCUT2D eigenvalue weighted by atomic mass is 35.5. The fourth-order valence-electron chi connectivity index (χ4n) is 2.37. The van der Waals surface area contributed by atoms with Gasteiger partial charge in [-0.25, -0.2) is 9.36 Å². The maximum absolute atomic E-state index is 12.7. The van der Waals surface area contributed by atoms with Crippen LogP contribution in [0, 0.1) is 11.3 Å². The van der Waals surface area contributed by atoms with Gasteiger partial charge in [0.25, 0.3) is 5.56 Å². The zero-order chi connectivity index (χ0) is 20.5. The molecule has 1 N–H and O–H groups in total. The fraction of sp³-hybridized carbons (Fsp3) is 0.0556. The Kier molecular flexibility index (Phi) is 4.98. The number of ether oxygens (including phenoxy) is 1. The average Bonchev–Trinajstić information content (AvgIpc) is 2.62. The molecule has 0 saturated carbocycles. The van der Waals surface area contributed by atoms with Crippen LogP contribution in [0.3, 0.4) is 0 Å². The van der Waals surface area contributed by atoms with Crippen LogP contribution in [0.4, 0.5) is 13.2 Å². The van der Waals surface area contributed by atoms with E-state index in [0.29, 0.717) is 4.57 Å². The first-order chi connectivity index (χ1) is 13.2. The van der Waals surface area contributed by atoms with E-state index in [1.54, 1.807) is 23.2 Å². The summed E-state index contributed by atoms with van der Waals surface area (Å²) in [6.07, 6.45) is -4.87. The molecule has 28 heavy (non-hydrogen) atoms. The van der Waals surface area contributed by atoms with E-state index in [0.717, 1.165) is 0 Å². The maximum Gasteiger partial charge on any atom is 0.431 e. The van der Waals surface area contributed by atoms with Gasteiger partial charge in [0.2, 0.25) is 0 Å². The van der Waals surface area contributed by atoms with Crippen molar-refractivity contribution in [2.24, 2.45) is 0 Å². The molecule has 0 amide bonds. The Labute approximate surface area is 160 Å². The molecule has 0 bridgehead atoms. The Morgan fingerprint density at radius 2 is 1.79 bits per heavy atom. The third-order valence-corrected chi connectivity index (χ3v) is 3.95. The number of nitrogens with zero attached hydrogens (tertiary/aromatic N) is 2. The lowest BCUT2D eigenvalue weighted by atomic mass is 10.2. The highest BCUT2D eigenvalue weighted by molar-refractivity contribution is 6.32. The predicted octanol–water partition coefficient (Wildman–Crippen LogP) is 3.86. The van der Waals surface area contributed by atoms with Crippen molar-refractivity contribution >= 4 is 11.6 Å². The zero-order valence-corrected chi connectivity index (χ0v) is 14.5. The number of aromatic nitrogens is 2. The van der Waals surface area contributed by atoms with Gasteiger partial charge >= 0.3 is 11.9 Å². The highest BCUT2D eigenvalue weighted by Crippen LogP contribution is 2.32. The molecule has 0 aliphatic rings. The number of alkyl halides is 3. The van der Waals surface area contributed by atoms with Gasteiger partial charge in [-0.2, -0.15) is 18.4 Å². The summed E-state index contributed by atoms with van der Waals surface area (Å²) in [5, 5.41) is 9.49. The Balaban J connectivity index is 2.13. The monoisotopic (exact) mass is 407 g/mol. The number of nitrogens with one attached hydrogen (secondary N) is 1. The van der Waals surface area contributed by atoms with E-state index in [4.69, 9.17) is 16.3 Å². The maximum atomic E-state index is 12.7. The second-order valence-electron chi connectivity index (χ2n) is 5.48. The number of para-hydroxylation sites is 1. The number of H-pyrrole nitrogens is 1. The Morgan fingerprint density at radius 1 is 1.07 bits per heavy atom. The summed E-state index contributed by atoms with van der Waals surface area (Å²) in [4.78, 5) is 25.8. The van der Waals surface area contributed by atoms with Crippen LogP contribution >= 0.6 is 11.6 Å². The molecule has 142 valence electrons. The molecule has 0 radical (unpaired) electrons. The van der Waals surface area contributed by atoms with Crippen LogP contribution in [0.5, 0.6) is 11.5 Å². The van der Waals surface area contributed by atoms with E-state index in [2.05, 4.69) is 0 Å². The molecule has 3 rings (SSSR count). The van der Waals surface area contributed by atoms with Crippen molar-refractivity contribution in [3.05, 3.63) is 85.6 Å². The van der Waals surface area contributed by atoms with E-state index < -0.39 is 23.1 Å². The number of hydrogen-bond donors (Lipinski definition) is 1. The molecule has 0 saturated heterocycles. The first-order valence-electron chi connectivity index (χ1n) is 7.61. The summed E-state index contributed by atoms with van der Waals surface area (Å²) >= 11 is 6.01. The Bertz CT molecular complexity index is 1180. The minimum Gasteiger partial charge on any atom is -0.454 e. The molecule has 1 aromatic heterocycles. The van der Waals surface area contributed by atoms with Crippen LogP contribution < -0.4 is 16.0 Å². The molecule has 10 heteroatoms. The molecule has 1 heterocycles. The second kappa shape index (κ2) is 7.25. The van der Waals surface area contributed by atoms with Crippen molar-refractivity contribution in [2.75, 3.05) is 0 Å². The second-order valence-corrected chi connectivity index (χ2v) is 5.89. The number of rotatable bonds is 3. The van der Waals surface area contributed by atoms with Crippen molar-refractivity contribution in [1.29, 1.82) is 5.26 Å². The summed E-state index contributed by atoms with van der Waals surface area (Å²) in [7, 11) is 0. The largest absolute Gasteiger partial charge is 0.454 e. The SMILES string of the molecule is N#Cc1ccc(-n2c(=O)cc(C(F)(F)F)[nH]c2=O)cc1Oc1ccccc1Cl. The highest BCUT2D eigenvalue weighted by Gasteiger charge is 2.33. The first-order valence-corrected chi connectivity index (χ1v) is 7.99. The van der Waals surface area contributed by atoms with Gasteiger partial charge in [0.1, 0.15) is 23.3 Å². The lowest BCUT2D eigenvalue weighted by Gasteiger charge is -2.12. The summed E-state index contributed by atoms with van der Waals surface area (Å²) in [6.45, 7) is 0. The van der Waals surface area contributed by atoms with Crippen LogP contribution in [0.25, 0.3) is 5.69 Å². The van der Waals surface area contributed by atoms with Crippen molar-refractivity contribution < 1.29 is 17.9 Å². The third-order valence-electron chi connectivity index (χ3n) is 3.64. The van der Waals surface area contributed by atoms with Gasteiger partial charge in [0, 0.05) is 12.1 Å². The van der Waals surface area contributed by atoms with Crippen LogP contribution in [-0.2, 0) is 6.18 Å². The zero-order valence-electron chi connectivity index (χ0n) is 13.7. The van der Waals surface area contributed by atoms with E-state index >= 15 is 0 Å². The molecular weight excluding hydrogens is 399 g/mol. The summed E-state index contributed by atoms with van der Waals surface area (Å²) < 4.78 is 44.3. The Hall–Kier alpha value is -3.51. The quantitative estimate of drug-likeness (QED) is 0.714. The van der Waals surface area contributed by atoms with Crippen LogP contribution in [-0.4, -0.2) is 9.55 Å². The normalized spacial score (nSPS) is 11.1. The number of aromatic amines is 1. The molecule has 0 aliphatic heterocycles. The molecule has 0 unspecified atom stereocenters. The molecule has 0 atom stereocenters. The van der Waals surface area contributed by atoms with Crippen molar-refractivity contribution in [3.8, 4) is 23.3 Å². The van der Waals surface area contributed by atoms with Crippen molar-refractivity contribution in [2.45, 2.75) is 6.18 Å². The first kappa shape index (κ1) is 19.3. The number of halogens is 4. The minimum absolute atomic E-state index is 0.0284. The molecule has 6 nitrogen and oxygen atoms in total. The molecule has 2 aromatic carbocycles. The predicted molar refractivity (Wildman–Crippen MR) is 93.9 cm³/mol. The van der Waals surface area contributed by atoms with Gasteiger partial charge in [-0.05, 0) is 24.3 Å². The van der Waals surface area contributed by atoms with Gasteiger partial charge in [0.05, 0.1) is 16.3 Å². The molecule has 0 aliphatic carbocycles. The summed E-state index contributed by atoms with van der Waals surface area (Å²) in [5.74, 6) is 0.186. The van der Waals surface area contributed by atoms with Gasteiger partial charge in [-0.15, -0.1) is 0 Å². The molecular formula is C18H9ClF3N3O3. The van der Waals surface area contributed by atoms with Crippen LogP contribution in [0.15, 0.2) is 58.1 Å². The Morgan fingerprint density at radius 3 is 2.39 bits per heavy atom.